The van der Waals surface area contributed by atoms with E-state index in [1.807, 2.05) is 0 Å². The van der Waals surface area contributed by atoms with Crippen LogP contribution in [0.1, 0.15) is 12.8 Å². The van der Waals surface area contributed by atoms with E-state index in [1.54, 1.807) is 7.05 Å². The van der Waals surface area contributed by atoms with Gasteiger partial charge in [0.2, 0.25) is 5.91 Å². The molecule has 0 aromatic rings. The number of likely N-dealkylation sites (N-methyl/N-ethyl adjacent to an activating group) is 1. The van der Waals surface area contributed by atoms with Crippen molar-refractivity contribution in [2.45, 2.75) is 18.9 Å². The Kier molecular flexibility index (Phi) is 4.18. The van der Waals surface area contributed by atoms with E-state index in [4.69, 9.17) is 4.74 Å². The van der Waals surface area contributed by atoms with Gasteiger partial charge in [-0.15, -0.1) is 0 Å². The van der Waals surface area contributed by atoms with Crippen LogP contribution in [0.2, 0.25) is 0 Å². The first-order valence-corrected chi connectivity index (χ1v) is 4.73. The minimum absolute atomic E-state index is 0.0427. The average Bonchev–Trinajstić information content (AvgIpc) is 2.16. The third-order valence-corrected chi connectivity index (χ3v) is 2.39. The van der Waals surface area contributed by atoms with Crippen molar-refractivity contribution in [3.05, 3.63) is 0 Å². The largest absolute Gasteiger partial charge is 0.368 e. The summed E-state index contributed by atoms with van der Waals surface area (Å²) in [5.41, 5.74) is 0. The van der Waals surface area contributed by atoms with Crippen molar-refractivity contribution < 1.29 is 9.53 Å². The van der Waals surface area contributed by atoms with E-state index >= 15 is 0 Å². The maximum Gasteiger partial charge on any atom is 0.245 e. The van der Waals surface area contributed by atoms with E-state index in [2.05, 4.69) is 17.3 Å². The number of amides is 1. The van der Waals surface area contributed by atoms with E-state index in [-0.39, 0.29) is 18.6 Å². The Hall–Kier alpha value is -0.610. The van der Waals surface area contributed by atoms with Gasteiger partial charge in [-0.1, -0.05) is 0 Å². The van der Waals surface area contributed by atoms with Crippen LogP contribution in [0.5, 0.6) is 0 Å². The molecule has 0 atom stereocenters. The van der Waals surface area contributed by atoms with Crippen LogP contribution >= 0.6 is 0 Å². The Morgan fingerprint density at radius 3 is 2.69 bits per heavy atom. The highest BCUT2D eigenvalue weighted by molar-refractivity contribution is 5.76. The van der Waals surface area contributed by atoms with Gasteiger partial charge in [0, 0.05) is 20.1 Å². The lowest BCUT2D eigenvalue weighted by atomic mass is 10.1. The van der Waals surface area contributed by atoms with E-state index < -0.39 is 0 Å². The van der Waals surface area contributed by atoms with Crippen molar-refractivity contribution in [1.82, 2.24) is 10.2 Å². The Labute approximate surface area is 79.2 Å². The molecule has 1 heterocycles. The minimum atomic E-state index is -0.0427. The van der Waals surface area contributed by atoms with Crippen LogP contribution in [0.15, 0.2) is 0 Å². The molecular formula is C9H18N2O2. The second-order valence-corrected chi connectivity index (χ2v) is 3.49. The number of carbonyl (C=O) groups excluding carboxylic acids is 1. The van der Waals surface area contributed by atoms with Crippen molar-refractivity contribution in [2.24, 2.45) is 0 Å². The van der Waals surface area contributed by atoms with Crippen molar-refractivity contribution >= 4 is 5.91 Å². The summed E-state index contributed by atoms with van der Waals surface area (Å²) in [6.07, 6.45) is 2.34. The van der Waals surface area contributed by atoms with Crippen LogP contribution < -0.4 is 5.32 Å². The zero-order valence-corrected chi connectivity index (χ0v) is 8.38. The molecule has 4 heteroatoms. The summed E-state index contributed by atoms with van der Waals surface area (Å²) in [5, 5.41) is 2.54. The quantitative estimate of drug-likeness (QED) is 0.666. The molecule has 0 spiro atoms. The van der Waals surface area contributed by atoms with E-state index in [0.29, 0.717) is 0 Å². The van der Waals surface area contributed by atoms with E-state index in [1.165, 1.54) is 0 Å². The zero-order valence-electron chi connectivity index (χ0n) is 8.38. The summed E-state index contributed by atoms with van der Waals surface area (Å²) in [6, 6.07) is 0. The number of piperidine rings is 1. The smallest absolute Gasteiger partial charge is 0.245 e. The number of carbonyl (C=O) groups is 1. The summed E-state index contributed by atoms with van der Waals surface area (Å²) in [5.74, 6) is -0.0427. The van der Waals surface area contributed by atoms with Crippen molar-refractivity contribution in [3.63, 3.8) is 0 Å². The zero-order chi connectivity index (χ0) is 9.68. The first kappa shape index (κ1) is 10.5. The molecule has 0 aromatic heterocycles. The molecule has 4 nitrogen and oxygen atoms in total. The van der Waals surface area contributed by atoms with Crippen LogP contribution in [-0.2, 0) is 9.53 Å². The molecule has 1 amide bonds. The Morgan fingerprint density at radius 1 is 1.54 bits per heavy atom. The normalized spacial score (nSPS) is 20.2. The number of rotatable bonds is 3. The second-order valence-electron chi connectivity index (χ2n) is 3.49. The molecular weight excluding hydrogens is 168 g/mol. The highest BCUT2D eigenvalue weighted by atomic mass is 16.5. The van der Waals surface area contributed by atoms with Crippen LogP contribution in [0.4, 0.5) is 0 Å². The lowest BCUT2D eigenvalue weighted by molar-refractivity contribution is -0.128. The lowest BCUT2D eigenvalue weighted by Crippen LogP contribution is -2.36. The fraction of sp³-hybridized carbons (Fsp3) is 0.889. The Balaban J connectivity index is 2.12. The highest BCUT2D eigenvalue weighted by Gasteiger charge is 2.17. The third-order valence-electron chi connectivity index (χ3n) is 2.39. The van der Waals surface area contributed by atoms with Gasteiger partial charge in [-0.25, -0.2) is 0 Å². The molecule has 1 N–H and O–H groups in total. The van der Waals surface area contributed by atoms with Gasteiger partial charge in [0.05, 0.1) is 6.10 Å². The molecule has 13 heavy (non-hydrogen) atoms. The maximum atomic E-state index is 10.9. The molecule has 1 rings (SSSR count). The second kappa shape index (κ2) is 5.19. The first-order chi connectivity index (χ1) is 6.22. The van der Waals surface area contributed by atoms with Gasteiger partial charge < -0.3 is 15.0 Å². The SMILES string of the molecule is CNC(=O)COC1CCN(C)CC1. The molecule has 0 aliphatic carbocycles. The van der Waals surface area contributed by atoms with Gasteiger partial charge in [-0.05, 0) is 19.9 Å². The highest BCUT2D eigenvalue weighted by Crippen LogP contribution is 2.11. The number of nitrogens with zero attached hydrogens (tertiary/aromatic N) is 1. The molecule has 0 bridgehead atoms. The molecule has 1 aliphatic rings. The summed E-state index contributed by atoms with van der Waals surface area (Å²) >= 11 is 0. The summed E-state index contributed by atoms with van der Waals surface area (Å²) < 4.78 is 5.45. The molecule has 0 aromatic carbocycles. The molecule has 1 aliphatic heterocycles. The topological polar surface area (TPSA) is 41.6 Å². The number of hydrogen-bond donors (Lipinski definition) is 1. The fourth-order valence-electron chi connectivity index (χ4n) is 1.42. The summed E-state index contributed by atoms with van der Waals surface area (Å²) in [7, 11) is 3.73. The van der Waals surface area contributed by atoms with Gasteiger partial charge >= 0.3 is 0 Å². The third kappa shape index (κ3) is 3.74. The van der Waals surface area contributed by atoms with E-state index in [9.17, 15) is 4.79 Å². The lowest BCUT2D eigenvalue weighted by Gasteiger charge is -2.28. The van der Waals surface area contributed by atoms with Crippen molar-refractivity contribution in [2.75, 3.05) is 33.8 Å². The summed E-state index contributed by atoms with van der Waals surface area (Å²) in [6.45, 7) is 2.34. The monoisotopic (exact) mass is 186 g/mol. The maximum absolute atomic E-state index is 10.9. The van der Waals surface area contributed by atoms with Gasteiger partial charge in [-0.2, -0.15) is 0 Å². The standard InChI is InChI=1S/C9H18N2O2/c1-10-9(12)7-13-8-3-5-11(2)6-4-8/h8H,3-7H2,1-2H3,(H,10,12). The molecule has 0 radical (unpaired) electrons. The van der Waals surface area contributed by atoms with Gasteiger partial charge in [0.25, 0.3) is 0 Å². The number of ether oxygens (including phenoxy) is 1. The first-order valence-electron chi connectivity index (χ1n) is 4.73. The van der Waals surface area contributed by atoms with Gasteiger partial charge in [0.1, 0.15) is 6.61 Å². The molecule has 1 saturated heterocycles. The predicted octanol–water partition coefficient (Wildman–Crippen LogP) is -0.157. The van der Waals surface area contributed by atoms with Crippen molar-refractivity contribution in [3.8, 4) is 0 Å². The van der Waals surface area contributed by atoms with Gasteiger partial charge in [-0.3, -0.25) is 4.79 Å². The number of hydrogen-bond acceptors (Lipinski definition) is 3. The van der Waals surface area contributed by atoms with Crippen LogP contribution in [-0.4, -0.2) is 50.7 Å². The number of likely N-dealkylation sites (tertiary alicyclic amines) is 1. The van der Waals surface area contributed by atoms with Crippen LogP contribution in [0.3, 0.4) is 0 Å². The minimum Gasteiger partial charge on any atom is -0.368 e. The molecule has 1 fully saturated rings. The fourth-order valence-corrected chi connectivity index (χ4v) is 1.42. The molecule has 76 valence electrons. The van der Waals surface area contributed by atoms with Gasteiger partial charge in [0.15, 0.2) is 0 Å². The Bertz CT molecular complexity index is 165. The molecule has 0 saturated carbocycles. The van der Waals surface area contributed by atoms with Crippen molar-refractivity contribution in [1.29, 1.82) is 0 Å². The van der Waals surface area contributed by atoms with Crippen LogP contribution in [0, 0.1) is 0 Å². The van der Waals surface area contributed by atoms with Crippen LogP contribution in [0.25, 0.3) is 0 Å². The Morgan fingerprint density at radius 2 is 2.15 bits per heavy atom. The predicted molar refractivity (Wildman–Crippen MR) is 50.5 cm³/mol. The molecule has 0 unspecified atom stereocenters. The average molecular weight is 186 g/mol. The number of nitrogens with one attached hydrogen (secondary N) is 1. The van der Waals surface area contributed by atoms with E-state index in [0.717, 1.165) is 25.9 Å². The summed E-state index contributed by atoms with van der Waals surface area (Å²) in [4.78, 5) is 13.1.